The first-order valence-corrected chi connectivity index (χ1v) is 11.7. The summed E-state index contributed by atoms with van der Waals surface area (Å²) in [4.78, 5) is 8.65. The van der Waals surface area contributed by atoms with Crippen molar-refractivity contribution >= 4 is 38.9 Å². The van der Waals surface area contributed by atoms with Gasteiger partial charge in [-0.3, -0.25) is 4.72 Å². The van der Waals surface area contributed by atoms with Crippen LogP contribution in [0.4, 0.5) is 5.69 Å². The van der Waals surface area contributed by atoms with Gasteiger partial charge in [0.1, 0.15) is 22.3 Å². The Morgan fingerprint density at radius 1 is 0.938 bits per heavy atom. The van der Waals surface area contributed by atoms with E-state index in [4.69, 9.17) is 27.9 Å². The Labute approximate surface area is 195 Å². The first kappa shape index (κ1) is 22.1. The highest BCUT2D eigenvalue weighted by atomic mass is 35.5. The SMILES string of the molecule is Cc1nc(Oc2ccc(NS(=O)(=O)c3cc(C)c(Cl)cc3Cl)cc2)cc(-n2cccc2)n1. The van der Waals surface area contributed by atoms with Crippen LogP contribution in [0, 0.1) is 13.8 Å². The van der Waals surface area contributed by atoms with Gasteiger partial charge in [-0.2, -0.15) is 4.98 Å². The van der Waals surface area contributed by atoms with Crippen molar-refractivity contribution in [2.45, 2.75) is 18.7 Å². The van der Waals surface area contributed by atoms with Crippen molar-refractivity contribution in [2.75, 3.05) is 4.72 Å². The van der Waals surface area contributed by atoms with Crippen molar-refractivity contribution in [1.29, 1.82) is 0 Å². The lowest BCUT2D eigenvalue weighted by atomic mass is 10.2. The molecule has 1 N–H and O–H groups in total. The smallest absolute Gasteiger partial charge is 0.263 e. The molecule has 0 radical (unpaired) electrons. The molecule has 4 aromatic rings. The van der Waals surface area contributed by atoms with Gasteiger partial charge < -0.3 is 9.30 Å². The minimum absolute atomic E-state index is 0.0459. The van der Waals surface area contributed by atoms with Crippen molar-refractivity contribution in [3.8, 4) is 17.4 Å². The second-order valence-corrected chi connectivity index (χ2v) is 9.43. The maximum Gasteiger partial charge on any atom is 0.263 e. The number of benzene rings is 2. The first-order valence-electron chi connectivity index (χ1n) is 9.47. The largest absolute Gasteiger partial charge is 0.439 e. The van der Waals surface area contributed by atoms with E-state index in [1.807, 2.05) is 29.1 Å². The third-order valence-electron chi connectivity index (χ3n) is 4.50. The van der Waals surface area contributed by atoms with Crippen LogP contribution in [0.15, 0.2) is 71.9 Å². The highest BCUT2D eigenvalue weighted by Crippen LogP contribution is 2.30. The molecule has 2 aromatic carbocycles. The van der Waals surface area contributed by atoms with Gasteiger partial charge in [-0.25, -0.2) is 13.4 Å². The van der Waals surface area contributed by atoms with Gasteiger partial charge in [0.15, 0.2) is 0 Å². The summed E-state index contributed by atoms with van der Waals surface area (Å²) >= 11 is 12.1. The van der Waals surface area contributed by atoms with E-state index in [0.29, 0.717) is 39.5 Å². The van der Waals surface area contributed by atoms with Gasteiger partial charge in [0, 0.05) is 29.2 Å². The molecule has 32 heavy (non-hydrogen) atoms. The topological polar surface area (TPSA) is 86.1 Å². The lowest BCUT2D eigenvalue weighted by Gasteiger charge is -2.12. The number of hydrogen-bond acceptors (Lipinski definition) is 5. The standard InChI is InChI=1S/C22H18Cl2N4O3S/c1-14-11-20(19(24)12-18(14)23)32(29,30)27-16-5-7-17(8-6-16)31-22-13-21(25-15(2)26-22)28-9-3-4-10-28/h3-13,27H,1-2H3. The minimum Gasteiger partial charge on any atom is -0.439 e. The number of nitrogens with one attached hydrogen (secondary N) is 1. The van der Waals surface area contributed by atoms with Crippen LogP contribution in [-0.4, -0.2) is 23.0 Å². The molecule has 7 nitrogen and oxygen atoms in total. The molecule has 0 amide bonds. The average molecular weight is 489 g/mol. The van der Waals surface area contributed by atoms with Crippen LogP contribution in [0.5, 0.6) is 11.6 Å². The number of sulfonamides is 1. The summed E-state index contributed by atoms with van der Waals surface area (Å²) in [6.07, 6.45) is 3.75. The van der Waals surface area contributed by atoms with Crippen molar-refractivity contribution in [3.63, 3.8) is 0 Å². The predicted octanol–water partition coefficient (Wildman–Crippen LogP) is 5.78. The third-order valence-corrected chi connectivity index (χ3v) is 6.75. The molecule has 0 saturated heterocycles. The fourth-order valence-corrected chi connectivity index (χ4v) is 4.85. The summed E-state index contributed by atoms with van der Waals surface area (Å²) in [6, 6.07) is 14.8. The van der Waals surface area contributed by atoms with Crippen LogP contribution >= 0.6 is 23.2 Å². The molecule has 2 heterocycles. The molecule has 0 bridgehead atoms. The van der Waals surface area contributed by atoms with Gasteiger partial charge in [-0.15, -0.1) is 0 Å². The van der Waals surface area contributed by atoms with E-state index in [0.717, 1.165) is 0 Å². The molecule has 4 rings (SSSR count). The van der Waals surface area contributed by atoms with Gasteiger partial charge >= 0.3 is 0 Å². The summed E-state index contributed by atoms with van der Waals surface area (Å²) in [5.41, 5.74) is 0.965. The lowest BCUT2D eigenvalue weighted by Crippen LogP contribution is -2.13. The molecule has 0 unspecified atom stereocenters. The van der Waals surface area contributed by atoms with Crippen LogP contribution in [-0.2, 0) is 10.0 Å². The number of aryl methyl sites for hydroxylation is 2. The number of aromatic nitrogens is 3. The Morgan fingerprint density at radius 2 is 1.62 bits per heavy atom. The molecular formula is C22H18Cl2N4O3S. The molecule has 2 aromatic heterocycles. The summed E-state index contributed by atoms with van der Waals surface area (Å²) in [7, 11) is -3.90. The average Bonchev–Trinajstić information content (AvgIpc) is 3.26. The number of hydrogen-bond donors (Lipinski definition) is 1. The zero-order chi connectivity index (χ0) is 22.9. The van der Waals surface area contributed by atoms with Gasteiger partial charge in [0.2, 0.25) is 5.88 Å². The second kappa shape index (κ2) is 8.82. The fraction of sp³-hybridized carbons (Fsp3) is 0.0909. The van der Waals surface area contributed by atoms with E-state index in [1.54, 1.807) is 44.2 Å². The molecule has 164 valence electrons. The number of nitrogens with zero attached hydrogens (tertiary/aromatic N) is 3. The highest BCUT2D eigenvalue weighted by molar-refractivity contribution is 7.92. The van der Waals surface area contributed by atoms with Gasteiger partial charge in [0.25, 0.3) is 10.0 Å². The van der Waals surface area contributed by atoms with Crippen molar-refractivity contribution in [2.24, 2.45) is 0 Å². The summed E-state index contributed by atoms with van der Waals surface area (Å²) in [6.45, 7) is 3.49. The monoisotopic (exact) mass is 488 g/mol. The maximum atomic E-state index is 12.8. The summed E-state index contributed by atoms with van der Waals surface area (Å²) in [5.74, 6) is 2.10. The van der Waals surface area contributed by atoms with Crippen LogP contribution < -0.4 is 9.46 Å². The zero-order valence-corrected chi connectivity index (χ0v) is 19.4. The zero-order valence-electron chi connectivity index (χ0n) is 17.1. The van der Waals surface area contributed by atoms with Crippen LogP contribution in [0.2, 0.25) is 10.0 Å². The lowest BCUT2D eigenvalue weighted by molar-refractivity contribution is 0.459. The van der Waals surface area contributed by atoms with E-state index >= 15 is 0 Å². The Bertz CT molecular complexity index is 1370. The molecule has 0 aliphatic carbocycles. The second-order valence-electron chi connectivity index (χ2n) is 6.97. The predicted molar refractivity (Wildman–Crippen MR) is 125 cm³/mol. The molecule has 0 fully saturated rings. The van der Waals surface area contributed by atoms with Gasteiger partial charge in [0.05, 0.1) is 5.02 Å². The number of ether oxygens (including phenoxy) is 1. The van der Waals surface area contributed by atoms with E-state index < -0.39 is 10.0 Å². The number of anilines is 1. The van der Waals surface area contributed by atoms with Gasteiger partial charge in [-0.1, -0.05) is 23.2 Å². The summed E-state index contributed by atoms with van der Waals surface area (Å²) in [5, 5.41) is 0.445. The molecule has 0 saturated carbocycles. The van der Waals surface area contributed by atoms with Crippen LogP contribution in [0.3, 0.4) is 0 Å². The fourth-order valence-electron chi connectivity index (χ4n) is 2.96. The van der Waals surface area contributed by atoms with Crippen molar-refractivity contribution in [1.82, 2.24) is 14.5 Å². The molecule has 0 aliphatic rings. The molecule has 0 atom stereocenters. The first-order chi connectivity index (χ1) is 15.2. The van der Waals surface area contributed by atoms with Gasteiger partial charge in [-0.05, 0) is 67.9 Å². The summed E-state index contributed by atoms with van der Waals surface area (Å²) < 4.78 is 35.7. The third kappa shape index (κ3) is 4.88. The van der Waals surface area contributed by atoms with E-state index in [-0.39, 0.29) is 9.92 Å². The van der Waals surface area contributed by atoms with E-state index in [1.165, 1.54) is 12.1 Å². The van der Waals surface area contributed by atoms with Crippen LogP contribution in [0.1, 0.15) is 11.4 Å². The Kier molecular flexibility index (Phi) is 6.10. The molecule has 0 aliphatic heterocycles. The highest BCUT2D eigenvalue weighted by Gasteiger charge is 2.19. The van der Waals surface area contributed by atoms with E-state index in [2.05, 4.69) is 14.7 Å². The minimum atomic E-state index is -3.90. The number of rotatable bonds is 6. The normalized spacial score (nSPS) is 11.4. The molecular weight excluding hydrogens is 471 g/mol. The Morgan fingerprint density at radius 3 is 2.31 bits per heavy atom. The molecule has 0 spiro atoms. The Balaban J connectivity index is 1.52. The number of halogens is 2. The molecule has 10 heteroatoms. The Hall–Kier alpha value is -3.07. The maximum absolute atomic E-state index is 12.8. The van der Waals surface area contributed by atoms with Crippen molar-refractivity contribution in [3.05, 3.63) is 88.4 Å². The van der Waals surface area contributed by atoms with Crippen molar-refractivity contribution < 1.29 is 13.2 Å². The van der Waals surface area contributed by atoms with Crippen LogP contribution in [0.25, 0.3) is 5.82 Å². The quantitative estimate of drug-likeness (QED) is 0.371. The van der Waals surface area contributed by atoms with E-state index in [9.17, 15) is 8.42 Å².